The molecule has 0 bridgehead atoms. The van der Waals surface area contributed by atoms with Gasteiger partial charge in [-0.05, 0) is 49.1 Å². The van der Waals surface area contributed by atoms with Crippen LogP contribution in [-0.4, -0.2) is 24.0 Å². The Balaban J connectivity index is 2.07. The van der Waals surface area contributed by atoms with Gasteiger partial charge in [-0.3, -0.25) is 4.90 Å². The highest BCUT2D eigenvalue weighted by Crippen LogP contribution is 2.24. The van der Waals surface area contributed by atoms with Crippen LogP contribution in [0.15, 0.2) is 22.7 Å². The molecule has 1 aromatic carbocycles. The molecule has 2 unspecified atom stereocenters. The molecule has 2 rings (SSSR count). The summed E-state index contributed by atoms with van der Waals surface area (Å²) in [5, 5.41) is 0. The highest BCUT2D eigenvalue weighted by atomic mass is 79.9. The molecule has 0 aliphatic carbocycles. The lowest BCUT2D eigenvalue weighted by Crippen LogP contribution is -2.45. The predicted octanol–water partition coefficient (Wildman–Crippen LogP) is 3.15. The molecule has 2 nitrogen and oxygen atoms in total. The van der Waals surface area contributed by atoms with Crippen molar-refractivity contribution in [2.24, 2.45) is 11.7 Å². The van der Waals surface area contributed by atoms with E-state index in [4.69, 9.17) is 5.73 Å². The SMILES string of the molecule is CC1CCN(Cc2cc(F)cc(Br)c2)C(CN)C1. The summed E-state index contributed by atoms with van der Waals surface area (Å²) in [4.78, 5) is 2.38. The second-order valence-electron chi connectivity index (χ2n) is 5.27. The normalized spacial score (nSPS) is 25.3. The van der Waals surface area contributed by atoms with Crippen LogP contribution in [0.1, 0.15) is 25.3 Å². The van der Waals surface area contributed by atoms with Gasteiger partial charge in [0.25, 0.3) is 0 Å². The van der Waals surface area contributed by atoms with Crippen LogP contribution >= 0.6 is 15.9 Å². The quantitative estimate of drug-likeness (QED) is 0.928. The average Bonchev–Trinajstić information content (AvgIpc) is 2.30. The van der Waals surface area contributed by atoms with Gasteiger partial charge in [-0.25, -0.2) is 4.39 Å². The first-order valence-electron chi connectivity index (χ1n) is 6.47. The fraction of sp³-hybridized carbons (Fsp3) is 0.571. The Labute approximate surface area is 116 Å². The molecule has 100 valence electrons. The summed E-state index contributed by atoms with van der Waals surface area (Å²) in [6.07, 6.45) is 2.35. The van der Waals surface area contributed by atoms with E-state index < -0.39 is 0 Å². The Hall–Kier alpha value is -0.450. The van der Waals surface area contributed by atoms with Crippen molar-refractivity contribution in [1.82, 2.24) is 4.90 Å². The van der Waals surface area contributed by atoms with Crippen LogP contribution in [0.5, 0.6) is 0 Å². The van der Waals surface area contributed by atoms with Gasteiger partial charge in [0.15, 0.2) is 0 Å². The molecule has 18 heavy (non-hydrogen) atoms. The fourth-order valence-electron chi connectivity index (χ4n) is 2.69. The molecular formula is C14H20BrFN2. The van der Waals surface area contributed by atoms with Crippen LogP contribution in [0.3, 0.4) is 0 Å². The highest BCUT2D eigenvalue weighted by Gasteiger charge is 2.25. The maximum absolute atomic E-state index is 13.4. The Bertz CT molecular complexity index is 391. The van der Waals surface area contributed by atoms with Crippen LogP contribution < -0.4 is 5.73 Å². The van der Waals surface area contributed by atoms with E-state index in [1.165, 1.54) is 12.5 Å². The van der Waals surface area contributed by atoms with Crippen LogP contribution in [-0.2, 0) is 6.54 Å². The van der Waals surface area contributed by atoms with Gasteiger partial charge in [-0.2, -0.15) is 0 Å². The van der Waals surface area contributed by atoms with E-state index in [-0.39, 0.29) is 5.82 Å². The first-order chi connectivity index (χ1) is 8.58. The summed E-state index contributed by atoms with van der Waals surface area (Å²) in [6.45, 7) is 4.79. The van der Waals surface area contributed by atoms with Crippen LogP contribution in [0.2, 0.25) is 0 Å². The van der Waals surface area contributed by atoms with Crippen molar-refractivity contribution < 1.29 is 4.39 Å². The van der Waals surface area contributed by atoms with Crippen molar-refractivity contribution in [2.45, 2.75) is 32.4 Å². The van der Waals surface area contributed by atoms with Gasteiger partial charge in [0.1, 0.15) is 5.82 Å². The van der Waals surface area contributed by atoms with Gasteiger partial charge in [0.2, 0.25) is 0 Å². The summed E-state index contributed by atoms with van der Waals surface area (Å²) in [5.74, 6) is 0.558. The van der Waals surface area contributed by atoms with E-state index in [9.17, 15) is 4.39 Å². The number of nitrogens with zero attached hydrogens (tertiary/aromatic N) is 1. The van der Waals surface area contributed by atoms with E-state index in [0.717, 1.165) is 35.5 Å². The Kier molecular flexibility index (Phi) is 4.76. The monoisotopic (exact) mass is 314 g/mol. The third-order valence-electron chi connectivity index (χ3n) is 3.68. The van der Waals surface area contributed by atoms with Gasteiger partial charge in [0, 0.05) is 23.6 Å². The number of likely N-dealkylation sites (tertiary alicyclic amines) is 1. The second-order valence-corrected chi connectivity index (χ2v) is 6.18. The fourth-order valence-corrected chi connectivity index (χ4v) is 3.20. The van der Waals surface area contributed by atoms with E-state index in [1.54, 1.807) is 6.07 Å². The zero-order valence-electron chi connectivity index (χ0n) is 10.7. The van der Waals surface area contributed by atoms with Crippen LogP contribution in [0, 0.1) is 11.7 Å². The zero-order valence-corrected chi connectivity index (χ0v) is 12.3. The van der Waals surface area contributed by atoms with Crippen molar-refractivity contribution in [2.75, 3.05) is 13.1 Å². The third-order valence-corrected chi connectivity index (χ3v) is 4.14. The second kappa shape index (κ2) is 6.13. The van der Waals surface area contributed by atoms with Crippen molar-refractivity contribution in [3.63, 3.8) is 0 Å². The molecule has 4 heteroatoms. The number of nitrogens with two attached hydrogens (primary N) is 1. The first-order valence-corrected chi connectivity index (χ1v) is 7.27. The largest absolute Gasteiger partial charge is 0.329 e. The molecule has 1 aliphatic rings. The maximum atomic E-state index is 13.4. The van der Waals surface area contributed by atoms with E-state index in [1.807, 2.05) is 6.07 Å². The first kappa shape index (κ1) is 14.0. The molecule has 0 aromatic heterocycles. The molecule has 0 radical (unpaired) electrons. The lowest BCUT2D eigenvalue weighted by molar-refractivity contribution is 0.115. The number of piperidine rings is 1. The molecule has 1 aromatic rings. The topological polar surface area (TPSA) is 29.3 Å². The molecule has 1 heterocycles. The van der Waals surface area contributed by atoms with Crippen molar-refractivity contribution >= 4 is 15.9 Å². The number of rotatable bonds is 3. The van der Waals surface area contributed by atoms with Crippen LogP contribution in [0.4, 0.5) is 4.39 Å². The minimum Gasteiger partial charge on any atom is -0.329 e. The smallest absolute Gasteiger partial charge is 0.124 e. The van der Waals surface area contributed by atoms with Gasteiger partial charge in [-0.15, -0.1) is 0 Å². The van der Waals surface area contributed by atoms with Gasteiger partial charge < -0.3 is 5.73 Å². The average molecular weight is 315 g/mol. The lowest BCUT2D eigenvalue weighted by atomic mass is 9.92. The van der Waals surface area contributed by atoms with E-state index in [2.05, 4.69) is 27.8 Å². The summed E-state index contributed by atoms with van der Waals surface area (Å²) in [5.41, 5.74) is 6.85. The summed E-state index contributed by atoms with van der Waals surface area (Å²) in [6, 6.07) is 5.50. The Morgan fingerprint density at radius 2 is 2.22 bits per heavy atom. The molecular weight excluding hydrogens is 295 g/mol. The van der Waals surface area contributed by atoms with Gasteiger partial charge in [-0.1, -0.05) is 22.9 Å². The number of hydrogen-bond donors (Lipinski definition) is 1. The molecule has 1 saturated heterocycles. The lowest BCUT2D eigenvalue weighted by Gasteiger charge is -2.38. The third kappa shape index (κ3) is 3.53. The molecule has 0 spiro atoms. The number of halogens is 2. The van der Waals surface area contributed by atoms with E-state index in [0.29, 0.717) is 12.6 Å². The van der Waals surface area contributed by atoms with Crippen LogP contribution in [0.25, 0.3) is 0 Å². The predicted molar refractivity (Wildman–Crippen MR) is 75.8 cm³/mol. The van der Waals surface area contributed by atoms with Crippen molar-refractivity contribution in [1.29, 1.82) is 0 Å². The summed E-state index contributed by atoms with van der Waals surface area (Å²) < 4.78 is 14.1. The number of benzene rings is 1. The Morgan fingerprint density at radius 3 is 2.89 bits per heavy atom. The van der Waals surface area contributed by atoms with Crippen molar-refractivity contribution in [3.05, 3.63) is 34.1 Å². The minimum atomic E-state index is -0.186. The highest BCUT2D eigenvalue weighted by molar-refractivity contribution is 9.10. The summed E-state index contributed by atoms with van der Waals surface area (Å²) in [7, 11) is 0. The molecule has 2 N–H and O–H groups in total. The van der Waals surface area contributed by atoms with E-state index >= 15 is 0 Å². The molecule has 0 amide bonds. The van der Waals surface area contributed by atoms with Gasteiger partial charge >= 0.3 is 0 Å². The summed E-state index contributed by atoms with van der Waals surface area (Å²) >= 11 is 3.34. The standard InChI is InChI=1S/C14H20BrFN2/c1-10-2-3-18(14(4-10)8-17)9-11-5-12(15)7-13(16)6-11/h5-7,10,14H,2-4,8-9,17H2,1H3. The van der Waals surface area contributed by atoms with Crippen molar-refractivity contribution in [3.8, 4) is 0 Å². The van der Waals surface area contributed by atoms with Gasteiger partial charge in [0.05, 0.1) is 0 Å². The Morgan fingerprint density at radius 1 is 1.44 bits per heavy atom. The number of hydrogen-bond acceptors (Lipinski definition) is 2. The molecule has 1 aliphatic heterocycles. The molecule has 2 atom stereocenters. The molecule has 0 saturated carbocycles. The zero-order chi connectivity index (χ0) is 13.1. The molecule has 1 fully saturated rings. The minimum absolute atomic E-state index is 0.186. The maximum Gasteiger partial charge on any atom is 0.124 e.